The molecule has 1 aromatic heterocycles. The van der Waals surface area contributed by atoms with Crippen LogP contribution in [0.15, 0.2) is 17.0 Å². The van der Waals surface area contributed by atoms with Gasteiger partial charge in [0.25, 0.3) is 5.91 Å². The van der Waals surface area contributed by atoms with Gasteiger partial charge in [0.1, 0.15) is 10.7 Å². The second kappa shape index (κ2) is 6.27. The van der Waals surface area contributed by atoms with Crippen LogP contribution in [-0.4, -0.2) is 42.6 Å². The van der Waals surface area contributed by atoms with Crippen molar-refractivity contribution in [2.24, 2.45) is 5.73 Å². The molecule has 6 heteroatoms. The summed E-state index contributed by atoms with van der Waals surface area (Å²) in [5.74, 6) is -0.0177. The Bertz CT molecular complexity index is 482. The van der Waals surface area contributed by atoms with Gasteiger partial charge in [0.05, 0.1) is 12.6 Å². The standard InChI is InChI=1S/C13H19N3O2S/c1-9(14)12-15-11(8-19-12)13(17)16-5-3-10(4-6-16)7-18-2/h3,8-9H,4-7,14H2,1-2H3. The third kappa shape index (κ3) is 3.40. The fourth-order valence-corrected chi connectivity index (χ4v) is 2.72. The molecule has 2 rings (SSSR count). The van der Waals surface area contributed by atoms with Crippen LogP contribution in [-0.2, 0) is 4.74 Å². The maximum Gasteiger partial charge on any atom is 0.273 e. The lowest BCUT2D eigenvalue weighted by Crippen LogP contribution is -2.35. The van der Waals surface area contributed by atoms with Gasteiger partial charge >= 0.3 is 0 Å². The summed E-state index contributed by atoms with van der Waals surface area (Å²) < 4.78 is 5.10. The van der Waals surface area contributed by atoms with E-state index in [-0.39, 0.29) is 11.9 Å². The summed E-state index contributed by atoms with van der Waals surface area (Å²) in [5, 5.41) is 2.59. The highest BCUT2D eigenvalue weighted by Gasteiger charge is 2.21. The molecule has 2 heterocycles. The molecule has 1 aliphatic heterocycles. The number of aromatic nitrogens is 1. The highest BCUT2D eigenvalue weighted by atomic mass is 32.1. The van der Waals surface area contributed by atoms with E-state index in [4.69, 9.17) is 10.5 Å². The van der Waals surface area contributed by atoms with Crippen molar-refractivity contribution in [3.05, 3.63) is 27.7 Å². The summed E-state index contributed by atoms with van der Waals surface area (Å²) in [6.45, 7) is 3.86. The molecule has 1 amide bonds. The number of nitrogens with two attached hydrogens (primary N) is 1. The molecule has 0 spiro atoms. The number of amides is 1. The Morgan fingerprint density at radius 3 is 3.00 bits per heavy atom. The zero-order valence-corrected chi connectivity index (χ0v) is 12.1. The number of methoxy groups -OCH3 is 1. The number of ether oxygens (including phenoxy) is 1. The number of thiazole rings is 1. The van der Waals surface area contributed by atoms with Crippen LogP contribution >= 0.6 is 11.3 Å². The van der Waals surface area contributed by atoms with Crippen molar-refractivity contribution in [2.75, 3.05) is 26.8 Å². The quantitative estimate of drug-likeness (QED) is 0.851. The van der Waals surface area contributed by atoms with Crippen LogP contribution in [0.5, 0.6) is 0 Å². The number of carbonyl (C=O) groups excluding carboxylic acids is 1. The van der Waals surface area contributed by atoms with E-state index < -0.39 is 0 Å². The zero-order chi connectivity index (χ0) is 13.8. The zero-order valence-electron chi connectivity index (χ0n) is 11.3. The average molecular weight is 281 g/mol. The predicted octanol–water partition coefficient (Wildman–Crippen LogP) is 1.58. The lowest BCUT2D eigenvalue weighted by Gasteiger charge is -2.25. The second-order valence-corrected chi connectivity index (χ2v) is 5.55. The van der Waals surface area contributed by atoms with Gasteiger partial charge in [0.2, 0.25) is 0 Å². The molecule has 0 fully saturated rings. The van der Waals surface area contributed by atoms with E-state index in [1.807, 2.05) is 6.92 Å². The molecule has 0 aromatic carbocycles. The first-order valence-electron chi connectivity index (χ1n) is 6.29. The van der Waals surface area contributed by atoms with Crippen LogP contribution in [0.4, 0.5) is 0 Å². The number of hydrogen-bond donors (Lipinski definition) is 1. The van der Waals surface area contributed by atoms with E-state index in [1.165, 1.54) is 16.9 Å². The molecular formula is C13H19N3O2S. The molecule has 0 bridgehead atoms. The van der Waals surface area contributed by atoms with Crippen LogP contribution in [0.1, 0.15) is 34.9 Å². The first-order valence-corrected chi connectivity index (χ1v) is 7.17. The van der Waals surface area contributed by atoms with Crippen LogP contribution < -0.4 is 5.73 Å². The van der Waals surface area contributed by atoms with Gasteiger partial charge in [0, 0.05) is 25.6 Å². The molecular weight excluding hydrogens is 262 g/mol. The van der Waals surface area contributed by atoms with E-state index in [0.29, 0.717) is 18.8 Å². The average Bonchev–Trinajstić information content (AvgIpc) is 2.89. The highest BCUT2D eigenvalue weighted by Crippen LogP contribution is 2.19. The summed E-state index contributed by atoms with van der Waals surface area (Å²) >= 11 is 1.44. The van der Waals surface area contributed by atoms with Crippen molar-refractivity contribution in [2.45, 2.75) is 19.4 Å². The minimum absolute atomic E-state index is 0.0177. The van der Waals surface area contributed by atoms with Crippen molar-refractivity contribution in [3.8, 4) is 0 Å². The normalized spacial score (nSPS) is 17.2. The van der Waals surface area contributed by atoms with Crippen molar-refractivity contribution in [3.63, 3.8) is 0 Å². The van der Waals surface area contributed by atoms with Gasteiger partial charge in [-0.1, -0.05) is 6.08 Å². The fraction of sp³-hybridized carbons (Fsp3) is 0.538. The van der Waals surface area contributed by atoms with Gasteiger partial charge in [-0.15, -0.1) is 11.3 Å². The van der Waals surface area contributed by atoms with Gasteiger partial charge in [-0.05, 0) is 18.9 Å². The maximum absolute atomic E-state index is 12.3. The van der Waals surface area contributed by atoms with E-state index in [9.17, 15) is 4.79 Å². The van der Waals surface area contributed by atoms with E-state index in [2.05, 4.69) is 11.1 Å². The van der Waals surface area contributed by atoms with E-state index >= 15 is 0 Å². The van der Waals surface area contributed by atoms with Crippen LogP contribution in [0.25, 0.3) is 0 Å². The predicted molar refractivity (Wildman–Crippen MR) is 75.2 cm³/mol. The largest absolute Gasteiger partial charge is 0.380 e. The Kier molecular flexibility index (Phi) is 4.68. The lowest BCUT2D eigenvalue weighted by atomic mass is 10.1. The third-order valence-electron chi connectivity index (χ3n) is 3.05. The first kappa shape index (κ1) is 14.2. The molecule has 0 aliphatic carbocycles. The topological polar surface area (TPSA) is 68.5 Å². The van der Waals surface area contributed by atoms with Crippen molar-refractivity contribution in [1.29, 1.82) is 0 Å². The molecule has 1 unspecified atom stereocenters. The minimum atomic E-state index is -0.124. The van der Waals surface area contributed by atoms with Crippen molar-refractivity contribution >= 4 is 17.2 Å². The SMILES string of the molecule is COCC1=CCN(C(=O)c2csc(C(C)N)n2)CC1. The lowest BCUT2D eigenvalue weighted by molar-refractivity contribution is 0.0759. The van der Waals surface area contributed by atoms with E-state index in [1.54, 1.807) is 17.4 Å². The molecule has 19 heavy (non-hydrogen) atoms. The molecule has 2 N–H and O–H groups in total. The molecule has 0 saturated carbocycles. The molecule has 1 atom stereocenters. The summed E-state index contributed by atoms with van der Waals surface area (Å²) in [4.78, 5) is 18.4. The van der Waals surface area contributed by atoms with E-state index in [0.717, 1.165) is 18.0 Å². The summed E-state index contributed by atoms with van der Waals surface area (Å²) in [6.07, 6.45) is 2.92. The van der Waals surface area contributed by atoms with Crippen LogP contribution in [0.2, 0.25) is 0 Å². The molecule has 0 radical (unpaired) electrons. The Labute approximate surface area is 117 Å². The molecule has 1 aliphatic rings. The Balaban J connectivity index is 2.01. The van der Waals surface area contributed by atoms with Crippen molar-refractivity contribution < 1.29 is 9.53 Å². The monoisotopic (exact) mass is 281 g/mol. The number of nitrogens with zero attached hydrogens (tertiary/aromatic N) is 2. The van der Waals surface area contributed by atoms with Gasteiger partial charge in [-0.25, -0.2) is 4.98 Å². The van der Waals surface area contributed by atoms with Crippen LogP contribution in [0.3, 0.4) is 0 Å². The Morgan fingerprint density at radius 2 is 2.47 bits per heavy atom. The summed E-state index contributed by atoms with van der Waals surface area (Å²) in [7, 11) is 1.68. The van der Waals surface area contributed by atoms with Gasteiger partial charge < -0.3 is 15.4 Å². The molecule has 5 nitrogen and oxygen atoms in total. The third-order valence-corrected chi connectivity index (χ3v) is 4.10. The van der Waals surface area contributed by atoms with Gasteiger partial charge in [-0.2, -0.15) is 0 Å². The fourth-order valence-electron chi connectivity index (χ4n) is 1.97. The highest BCUT2D eigenvalue weighted by molar-refractivity contribution is 7.09. The maximum atomic E-state index is 12.3. The molecule has 0 saturated heterocycles. The van der Waals surface area contributed by atoms with Crippen molar-refractivity contribution in [1.82, 2.24) is 9.88 Å². The molecule has 1 aromatic rings. The van der Waals surface area contributed by atoms with Gasteiger partial charge in [0.15, 0.2) is 0 Å². The van der Waals surface area contributed by atoms with Crippen LogP contribution in [0, 0.1) is 0 Å². The Hall–Kier alpha value is -1.24. The smallest absolute Gasteiger partial charge is 0.273 e. The number of hydrogen-bond acceptors (Lipinski definition) is 5. The summed E-state index contributed by atoms with van der Waals surface area (Å²) in [5.41, 5.74) is 7.51. The second-order valence-electron chi connectivity index (χ2n) is 4.66. The van der Waals surface area contributed by atoms with Gasteiger partial charge in [-0.3, -0.25) is 4.79 Å². The number of rotatable bonds is 4. The summed E-state index contributed by atoms with van der Waals surface area (Å²) in [6, 6.07) is -0.124. The first-order chi connectivity index (χ1) is 9.11. The number of carbonyl (C=O) groups is 1. The Morgan fingerprint density at radius 1 is 1.68 bits per heavy atom. The minimum Gasteiger partial charge on any atom is -0.380 e. The molecule has 104 valence electrons.